The second-order valence-corrected chi connectivity index (χ2v) is 8.35. The molecule has 132 valence electrons. The summed E-state index contributed by atoms with van der Waals surface area (Å²) in [6.45, 7) is 2.34. The van der Waals surface area contributed by atoms with E-state index in [4.69, 9.17) is 5.73 Å². The Morgan fingerprint density at radius 3 is 2.17 bits per heavy atom. The molecular formula is C17H22BrClN2O2S. The fourth-order valence-corrected chi connectivity index (χ4v) is 3.85. The van der Waals surface area contributed by atoms with E-state index in [2.05, 4.69) is 20.8 Å². The minimum absolute atomic E-state index is 0. The molecule has 0 aliphatic rings. The summed E-state index contributed by atoms with van der Waals surface area (Å²) in [6, 6.07) is 16.7. The van der Waals surface area contributed by atoms with Gasteiger partial charge in [0.15, 0.2) is 9.84 Å². The zero-order valence-electron chi connectivity index (χ0n) is 13.3. The summed E-state index contributed by atoms with van der Waals surface area (Å²) in [5.74, 6) is 0.0848. The van der Waals surface area contributed by atoms with E-state index < -0.39 is 9.84 Å². The summed E-state index contributed by atoms with van der Waals surface area (Å²) < 4.78 is 25.7. The summed E-state index contributed by atoms with van der Waals surface area (Å²) in [6.07, 6.45) is 0. The van der Waals surface area contributed by atoms with Gasteiger partial charge in [-0.2, -0.15) is 0 Å². The molecule has 0 unspecified atom stereocenters. The van der Waals surface area contributed by atoms with E-state index >= 15 is 0 Å². The quantitative estimate of drug-likeness (QED) is 0.695. The number of nitrogens with two attached hydrogens (primary N) is 1. The van der Waals surface area contributed by atoms with Crippen LogP contribution in [0.3, 0.4) is 0 Å². The van der Waals surface area contributed by atoms with Gasteiger partial charge < -0.3 is 5.73 Å². The number of nitrogens with zero attached hydrogens (tertiary/aromatic N) is 1. The van der Waals surface area contributed by atoms with Gasteiger partial charge in [0.1, 0.15) is 0 Å². The SMILES string of the molecule is Cl.NCCN(CCS(=O)(=O)c1ccc(Br)cc1)Cc1ccccc1. The van der Waals surface area contributed by atoms with Crippen LogP contribution in [-0.2, 0) is 16.4 Å². The molecule has 0 aliphatic carbocycles. The molecule has 0 heterocycles. The first-order valence-corrected chi connectivity index (χ1v) is 9.90. The Morgan fingerprint density at radius 2 is 1.58 bits per heavy atom. The van der Waals surface area contributed by atoms with Crippen molar-refractivity contribution in [2.75, 3.05) is 25.4 Å². The lowest BCUT2D eigenvalue weighted by Crippen LogP contribution is -2.33. The highest BCUT2D eigenvalue weighted by atomic mass is 79.9. The van der Waals surface area contributed by atoms with Gasteiger partial charge in [-0.25, -0.2) is 8.42 Å². The lowest BCUT2D eigenvalue weighted by Gasteiger charge is -2.21. The molecule has 0 atom stereocenters. The van der Waals surface area contributed by atoms with Crippen LogP contribution in [0.4, 0.5) is 0 Å². The van der Waals surface area contributed by atoms with Gasteiger partial charge in [-0.15, -0.1) is 12.4 Å². The van der Waals surface area contributed by atoms with Crippen LogP contribution in [0, 0.1) is 0 Å². The van der Waals surface area contributed by atoms with Gasteiger partial charge in [0.25, 0.3) is 0 Å². The number of halogens is 2. The second kappa shape index (κ2) is 10.2. The van der Waals surface area contributed by atoms with Gasteiger partial charge in [-0.3, -0.25) is 4.90 Å². The Kier molecular flexibility index (Phi) is 8.94. The molecule has 7 heteroatoms. The minimum atomic E-state index is -3.29. The summed E-state index contributed by atoms with van der Waals surface area (Å²) in [4.78, 5) is 2.43. The fourth-order valence-electron chi connectivity index (χ4n) is 2.30. The van der Waals surface area contributed by atoms with Crippen LogP contribution < -0.4 is 5.73 Å². The molecule has 0 spiro atoms. The molecular weight excluding hydrogens is 412 g/mol. The molecule has 4 nitrogen and oxygen atoms in total. The van der Waals surface area contributed by atoms with Gasteiger partial charge in [0.05, 0.1) is 10.6 Å². The van der Waals surface area contributed by atoms with Gasteiger partial charge in [-0.05, 0) is 29.8 Å². The Balaban J connectivity index is 0.00000288. The van der Waals surface area contributed by atoms with Crippen molar-refractivity contribution in [3.05, 3.63) is 64.6 Å². The van der Waals surface area contributed by atoms with E-state index in [1.54, 1.807) is 24.3 Å². The minimum Gasteiger partial charge on any atom is -0.329 e. The van der Waals surface area contributed by atoms with Crippen LogP contribution in [0.1, 0.15) is 5.56 Å². The Hall–Kier alpha value is -0.920. The van der Waals surface area contributed by atoms with Crippen LogP contribution in [0.5, 0.6) is 0 Å². The molecule has 0 amide bonds. The first kappa shape index (κ1) is 21.1. The molecule has 0 aromatic heterocycles. The van der Waals surface area contributed by atoms with E-state index in [1.165, 1.54) is 0 Å². The second-order valence-electron chi connectivity index (χ2n) is 5.32. The van der Waals surface area contributed by atoms with Crippen molar-refractivity contribution >= 4 is 38.2 Å². The summed E-state index contributed by atoms with van der Waals surface area (Å²) in [5.41, 5.74) is 6.81. The monoisotopic (exact) mass is 432 g/mol. The highest BCUT2D eigenvalue weighted by Gasteiger charge is 2.16. The maximum Gasteiger partial charge on any atom is 0.179 e. The van der Waals surface area contributed by atoms with Crippen molar-refractivity contribution in [3.63, 3.8) is 0 Å². The number of rotatable bonds is 8. The largest absolute Gasteiger partial charge is 0.329 e. The van der Waals surface area contributed by atoms with Crippen molar-refractivity contribution < 1.29 is 8.42 Å². The van der Waals surface area contributed by atoms with Gasteiger partial charge in [-0.1, -0.05) is 46.3 Å². The maximum atomic E-state index is 12.4. The van der Waals surface area contributed by atoms with Crippen LogP contribution >= 0.6 is 28.3 Å². The smallest absolute Gasteiger partial charge is 0.179 e. The topological polar surface area (TPSA) is 63.4 Å². The molecule has 2 aromatic rings. The van der Waals surface area contributed by atoms with E-state index in [9.17, 15) is 8.42 Å². The van der Waals surface area contributed by atoms with Crippen molar-refractivity contribution in [2.45, 2.75) is 11.4 Å². The van der Waals surface area contributed by atoms with Crippen molar-refractivity contribution in [3.8, 4) is 0 Å². The molecule has 24 heavy (non-hydrogen) atoms. The number of benzene rings is 2. The molecule has 2 aromatic carbocycles. The summed E-state index contributed by atoms with van der Waals surface area (Å²) in [7, 11) is -3.29. The van der Waals surface area contributed by atoms with Crippen molar-refractivity contribution in [2.24, 2.45) is 5.73 Å². The Bertz CT molecular complexity index is 709. The molecule has 0 bridgehead atoms. The average molecular weight is 434 g/mol. The molecule has 2 rings (SSSR count). The van der Waals surface area contributed by atoms with Gasteiger partial charge in [0.2, 0.25) is 0 Å². The first-order valence-electron chi connectivity index (χ1n) is 7.46. The number of sulfone groups is 1. The van der Waals surface area contributed by atoms with E-state index in [-0.39, 0.29) is 18.2 Å². The van der Waals surface area contributed by atoms with Gasteiger partial charge >= 0.3 is 0 Å². The first-order chi connectivity index (χ1) is 11.0. The highest BCUT2D eigenvalue weighted by Crippen LogP contribution is 2.16. The zero-order chi connectivity index (χ0) is 16.7. The normalized spacial score (nSPS) is 11.3. The Labute approximate surface area is 158 Å². The zero-order valence-corrected chi connectivity index (χ0v) is 16.5. The van der Waals surface area contributed by atoms with Crippen LogP contribution in [0.25, 0.3) is 0 Å². The van der Waals surface area contributed by atoms with E-state index in [1.807, 2.05) is 30.3 Å². The summed E-state index contributed by atoms with van der Waals surface area (Å²) >= 11 is 3.32. The third-order valence-corrected chi connectivity index (χ3v) is 5.78. The standard InChI is InChI=1S/C17H21BrN2O2S.ClH/c18-16-6-8-17(9-7-16)23(21,22)13-12-20(11-10-19)14-15-4-2-1-3-5-15;/h1-9H,10-14,19H2;1H. The third-order valence-electron chi connectivity index (χ3n) is 3.54. The molecule has 0 radical (unpaired) electrons. The summed E-state index contributed by atoms with van der Waals surface area (Å²) in [5, 5.41) is 0. The Morgan fingerprint density at radius 1 is 0.958 bits per heavy atom. The van der Waals surface area contributed by atoms with Crippen LogP contribution in [0.2, 0.25) is 0 Å². The number of hydrogen-bond donors (Lipinski definition) is 1. The highest BCUT2D eigenvalue weighted by molar-refractivity contribution is 9.10. The predicted molar refractivity (Wildman–Crippen MR) is 104 cm³/mol. The van der Waals surface area contributed by atoms with E-state index in [0.29, 0.717) is 31.1 Å². The molecule has 0 saturated carbocycles. The predicted octanol–water partition coefficient (Wildman–Crippen LogP) is 3.11. The molecule has 0 saturated heterocycles. The third kappa shape index (κ3) is 6.53. The van der Waals surface area contributed by atoms with Crippen LogP contribution in [-0.4, -0.2) is 38.7 Å². The average Bonchev–Trinajstić information content (AvgIpc) is 2.54. The molecule has 0 aliphatic heterocycles. The number of hydrogen-bond acceptors (Lipinski definition) is 4. The molecule has 2 N–H and O–H groups in total. The maximum absolute atomic E-state index is 12.4. The fraction of sp³-hybridized carbons (Fsp3) is 0.294. The lowest BCUT2D eigenvalue weighted by atomic mass is 10.2. The molecule has 0 fully saturated rings. The van der Waals surface area contributed by atoms with Crippen molar-refractivity contribution in [1.82, 2.24) is 4.90 Å². The van der Waals surface area contributed by atoms with Gasteiger partial charge in [0, 0.05) is 30.7 Å². The lowest BCUT2D eigenvalue weighted by molar-refractivity contribution is 0.289. The van der Waals surface area contributed by atoms with Crippen molar-refractivity contribution in [1.29, 1.82) is 0 Å². The van der Waals surface area contributed by atoms with Crippen LogP contribution in [0.15, 0.2) is 64.0 Å². The van der Waals surface area contributed by atoms with E-state index in [0.717, 1.165) is 10.0 Å².